The molecule has 0 saturated heterocycles. The first-order valence-corrected chi connectivity index (χ1v) is 9.71. The quantitative estimate of drug-likeness (QED) is 0.495. The van der Waals surface area contributed by atoms with Crippen LogP contribution < -0.4 is 10.6 Å². The summed E-state index contributed by atoms with van der Waals surface area (Å²) < 4.78 is 0. The van der Waals surface area contributed by atoms with Gasteiger partial charge in [-0.1, -0.05) is 65.8 Å². The van der Waals surface area contributed by atoms with Crippen LogP contribution in [0.25, 0.3) is 0 Å². The average molecular weight is 444 g/mol. The molecule has 0 heterocycles. The first kappa shape index (κ1) is 24.9. The summed E-state index contributed by atoms with van der Waals surface area (Å²) in [5, 5.41) is 6.98. The van der Waals surface area contributed by atoms with Crippen molar-refractivity contribution in [3.8, 4) is 0 Å². The number of carbonyl (C=O) groups is 2. The largest absolute Gasteiger partial charge is 0.385 e. The maximum absolute atomic E-state index is 12.1. The van der Waals surface area contributed by atoms with E-state index in [4.69, 9.17) is 0 Å². The van der Waals surface area contributed by atoms with Gasteiger partial charge in [-0.05, 0) is 35.1 Å². The SMILES string of the molecule is CC(C)(C)C(NC=C1C=CC=CC1=O)C(NC=C1C=CC=CC1=O)C(C)(C)C.[Cu]. The monoisotopic (exact) mass is 443 g/mol. The van der Waals surface area contributed by atoms with Crippen LogP contribution >= 0.6 is 0 Å². The van der Waals surface area contributed by atoms with Crippen molar-refractivity contribution >= 4 is 11.6 Å². The molecule has 0 saturated carbocycles. The summed E-state index contributed by atoms with van der Waals surface area (Å²) in [6.45, 7) is 13.0. The zero-order chi connectivity index (χ0) is 20.9. The Labute approximate surface area is 185 Å². The van der Waals surface area contributed by atoms with Crippen molar-refractivity contribution in [2.75, 3.05) is 0 Å². The van der Waals surface area contributed by atoms with Crippen LogP contribution in [0.5, 0.6) is 0 Å². The molecule has 0 aromatic rings. The molecule has 2 aliphatic rings. The van der Waals surface area contributed by atoms with Crippen LogP contribution in [0.1, 0.15) is 41.5 Å². The summed E-state index contributed by atoms with van der Waals surface area (Å²) in [5.74, 6) is -0.00968. The van der Waals surface area contributed by atoms with Gasteiger partial charge >= 0.3 is 0 Å². The van der Waals surface area contributed by atoms with E-state index in [1.54, 1.807) is 36.7 Å². The van der Waals surface area contributed by atoms with Crippen molar-refractivity contribution in [2.24, 2.45) is 10.8 Å². The molecule has 2 unspecified atom stereocenters. The van der Waals surface area contributed by atoms with E-state index >= 15 is 0 Å². The minimum atomic E-state index is -0.0932. The summed E-state index contributed by atoms with van der Waals surface area (Å²) in [7, 11) is 0. The van der Waals surface area contributed by atoms with Crippen molar-refractivity contribution in [3.63, 3.8) is 0 Å². The minimum absolute atomic E-state index is 0. The Hall–Kier alpha value is -2.10. The topological polar surface area (TPSA) is 58.2 Å². The Morgan fingerprint density at radius 3 is 1.24 bits per heavy atom. The molecule has 0 amide bonds. The molecule has 0 spiro atoms. The maximum Gasteiger partial charge on any atom is 0.187 e. The van der Waals surface area contributed by atoms with E-state index in [1.807, 2.05) is 24.3 Å². The van der Waals surface area contributed by atoms with E-state index in [0.29, 0.717) is 11.1 Å². The molecule has 0 bridgehead atoms. The molecule has 2 aliphatic carbocycles. The maximum atomic E-state index is 12.1. The molecule has 0 aromatic heterocycles. The standard InChI is InChI=1S/C24H32N2O2.Cu/c1-23(2,3)21(25-15-17-11-7-9-13-19(17)27)22(24(4,5)6)26-16-18-12-8-10-14-20(18)28;/h7-16,21-22,25-26H,1-6H3;. The molecule has 0 aliphatic heterocycles. The van der Waals surface area contributed by atoms with Crippen molar-refractivity contribution in [3.05, 3.63) is 72.2 Å². The zero-order valence-electron chi connectivity index (χ0n) is 18.0. The van der Waals surface area contributed by atoms with Gasteiger partial charge in [-0.25, -0.2) is 0 Å². The number of ketones is 2. The number of hydrogen-bond acceptors (Lipinski definition) is 4. The Morgan fingerprint density at radius 2 is 0.966 bits per heavy atom. The molecule has 4 nitrogen and oxygen atoms in total. The van der Waals surface area contributed by atoms with Gasteiger partial charge in [0.2, 0.25) is 0 Å². The fourth-order valence-electron chi connectivity index (χ4n) is 3.25. The predicted molar refractivity (Wildman–Crippen MR) is 115 cm³/mol. The van der Waals surface area contributed by atoms with Gasteiger partial charge in [-0.2, -0.15) is 0 Å². The molecular weight excluding hydrogens is 412 g/mol. The second kappa shape index (κ2) is 10.1. The van der Waals surface area contributed by atoms with Crippen LogP contribution in [0.15, 0.2) is 72.2 Å². The van der Waals surface area contributed by atoms with Gasteiger partial charge in [0.1, 0.15) is 0 Å². The third-order valence-electron chi connectivity index (χ3n) is 4.87. The molecular formula is C24H32CuN2O2. The van der Waals surface area contributed by atoms with E-state index in [2.05, 4.69) is 52.2 Å². The Kier molecular flexibility index (Phi) is 8.67. The van der Waals surface area contributed by atoms with Crippen molar-refractivity contribution in [2.45, 2.75) is 53.6 Å². The fourth-order valence-corrected chi connectivity index (χ4v) is 3.25. The number of nitrogens with one attached hydrogen (secondary N) is 2. The molecule has 29 heavy (non-hydrogen) atoms. The summed E-state index contributed by atoms with van der Waals surface area (Å²) >= 11 is 0. The first-order valence-electron chi connectivity index (χ1n) is 9.71. The summed E-state index contributed by atoms with van der Waals surface area (Å²) in [6, 6.07) is 0.0318. The summed E-state index contributed by atoms with van der Waals surface area (Å²) in [6.07, 6.45) is 17.6. The summed E-state index contributed by atoms with van der Waals surface area (Å²) in [5.41, 5.74) is 1.09. The van der Waals surface area contributed by atoms with Crippen LogP contribution in [-0.4, -0.2) is 23.7 Å². The Morgan fingerprint density at radius 1 is 0.655 bits per heavy atom. The van der Waals surface area contributed by atoms with Crippen molar-refractivity contribution < 1.29 is 26.7 Å². The second-order valence-corrected chi connectivity index (χ2v) is 9.39. The molecule has 0 aromatic carbocycles. The zero-order valence-corrected chi connectivity index (χ0v) is 19.0. The molecule has 2 N–H and O–H groups in total. The number of rotatable bonds is 5. The Bertz CT molecular complexity index is 732. The van der Waals surface area contributed by atoms with Crippen LogP contribution in [0.4, 0.5) is 0 Å². The van der Waals surface area contributed by atoms with E-state index in [-0.39, 0.29) is 51.5 Å². The van der Waals surface area contributed by atoms with Gasteiger partial charge in [-0.15, -0.1) is 0 Å². The molecule has 2 atom stereocenters. The molecule has 5 heteroatoms. The van der Waals surface area contributed by atoms with Gasteiger partial charge in [0.25, 0.3) is 0 Å². The Balaban J connectivity index is 0.00000420. The van der Waals surface area contributed by atoms with E-state index in [1.165, 1.54) is 0 Å². The molecule has 161 valence electrons. The van der Waals surface area contributed by atoms with Gasteiger partial charge in [-0.3, -0.25) is 9.59 Å². The van der Waals surface area contributed by atoms with Gasteiger partial charge in [0, 0.05) is 40.6 Å². The average Bonchev–Trinajstić information content (AvgIpc) is 2.58. The van der Waals surface area contributed by atoms with Crippen molar-refractivity contribution in [1.29, 1.82) is 0 Å². The van der Waals surface area contributed by atoms with Gasteiger partial charge in [0.05, 0.1) is 12.1 Å². The van der Waals surface area contributed by atoms with Crippen molar-refractivity contribution in [1.82, 2.24) is 10.6 Å². The first-order chi connectivity index (χ1) is 13.0. The summed E-state index contributed by atoms with van der Waals surface area (Å²) in [4.78, 5) is 24.1. The van der Waals surface area contributed by atoms with Crippen LogP contribution in [0, 0.1) is 10.8 Å². The molecule has 1 radical (unpaired) electrons. The van der Waals surface area contributed by atoms with E-state index in [9.17, 15) is 9.59 Å². The van der Waals surface area contributed by atoms with Gasteiger partial charge in [0.15, 0.2) is 11.6 Å². The van der Waals surface area contributed by atoms with Crippen LogP contribution in [0.2, 0.25) is 0 Å². The van der Waals surface area contributed by atoms with Crippen LogP contribution in [-0.2, 0) is 26.7 Å². The normalized spacial score (nSPS) is 21.3. The number of allylic oxidation sites excluding steroid dienone is 10. The third kappa shape index (κ3) is 7.02. The third-order valence-corrected chi connectivity index (χ3v) is 4.87. The number of carbonyl (C=O) groups excluding carboxylic acids is 2. The molecule has 0 fully saturated rings. The molecule has 2 rings (SSSR count). The van der Waals surface area contributed by atoms with E-state index < -0.39 is 0 Å². The number of hydrogen-bond donors (Lipinski definition) is 2. The van der Waals surface area contributed by atoms with Gasteiger partial charge < -0.3 is 10.6 Å². The minimum Gasteiger partial charge on any atom is -0.385 e. The van der Waals surface area contributed by atoms with Crippen LogP contribution in [0.3, 0.4) is 0 Å². The van der Waals surface area contributed by atoms with E-state index in [0.717, 1.165) is 0 Å². The smallest absolute Gasteiger partial charge is 0.187 e. The predicted octanol–water partition coefficient (Wildman–Crippen LogP) is 4.15. The fraction of sp³-hybridized carbons (Fsp3) is 0.417. The second-order valence-electron chi connectivity index (χ2n) is 9.39.